The first-order chi connectivity index (χ1) is 15.1. The molecule has 0 spiro atoms. The SMILES string of the molecule is C=NN(/C=C(\C)c1n[nH]c2cnc(N3C4CCC3C(=O)N(C)C4)nc12)C1CCOCC1. The van der Waals surface area contributed by atoms with Gasteiger partial charge in [-0.25, -0.2) is 9.97 Å². The molecule has 2 aromatic rings. The molecule has 0 aromatic carbocycles. The number of aromatic nitrogens is 4. The second kappa shape index (κ2) is 7.92. The third-order valence-electron chi connectivity index (χ3n) is 6.60. The van der Waals surface area contributed by atoms with Gasteiger partial charge in [0.15, 0.2) is 0 Å². The summed E-state index contributed by atoms with van der Waals surface area (Å²) in [4.78, 5) is 26.0. The van der Waals surface area contributed by atoms with Crippen molar-refractivity contribution >= 4 is 35.2 Å². The highest BCUT2D eigenvalue weighted by molar-refractivity contribution is 5.89. The van der Waals surface area contributed by atoms with Gasteiger partial charge in [-0.1, -0.05) is 0 Å². The van der Waals surface area contributed by atoms with Gasteiger partial charge in [0.25, 0.3) is 0 Å². The molecule has 5 rings (SSSR count). The first kappa shape index (κ1) is 19.9. The molecule has 3 aliphatic rings. The van der Waals surface area contributed by atoms with Crippen LogP contribution >= 0.6 is 0 Å². The molecule has 5 heterocycles. The molecule has 2 bridgehead atoms. The number of hydrogen-bond donors (Lipinski definition) is 1. The van der Waals surface area contributed by atoms with E-state index in [1.807, 2.05) is 30.1 Å². The molecule has 0 saturated carbocycles. The second-order valence-electron chi connectivity index (χ2n) is 8.55. The van der Waals surface area contributed by atoms with Crippen molar-refractivity contribution in [3.8, 4) is 0 Å². The maximum atomic E-state index is 12.6. The van der Waals surface area contributed by atoms with Gasteiger partial charge in [0.1, 0.15) is 22.8 Å². The highest BCUT2D eigenvalue weighted by atomic mass is 16.5. The molecule has 0 aliphatic carbocycles. The summed E-state index contributed by atoms with van der Waals surface area (Å²) in [6.07, 6.45) is 7.38. The van der Waals surface area contributed by atoms with Gasteiger partial charge in [0.05, 0.1) is 18.3 Å². The molecule has 3 saturated heterocycles. The molecule has 31 heavy (non-hydrogen) atoms. The number of likely N-dealkylation sites (N-methyl/N-ethyl adjacent to an activating group) is 1. The fraction of sp³-hybridized carbons (Fsp3) is 0.571. The number of likely N-dealkylation sites (tertiary alicyclic amines) is 1. The minimum atomic E-state index is -0.179. The fourth-order valence-electron chi connectivity index (χ4n) is 4.94. The highest BCUT2D eigenvalue weighted by Crippen LogP contribution is 2.34. The number of hydrazone groups is 1. The number of nitrogens with one attached hydrogen (secondary N) is 1. The van der Waals surface area contributed by atoms with Crippen molar-refractivity contribution in [2.24, 2.45) is 5.10 Å². The largest absolute Gasteiger partial charge is 0.381 e. The van der Waals surface area contributed by atoms with Crippen LogP contribution in [0.3, 0.4) is 0 Å². The smallest absolute Gasteiger partial charge is 0.245 e. The molecule has 2 unspecified atom stereocenters. The van der Waals surface area contributed by atoms with Crippen molar-refractivity contribution in [1.82, 2.24) is 30.1 Å². The Kier molecular flexibility index (Phi) is 5.09. The molecule has 2 aromatic heterocycles. The van der Waals surface area contributed by atoms with E-state index < -0.39 is 0 Å². The lowest BCUT2D eigenvalue weighted by molar-refractivity contribution is -0.132. The summed E-state index contributed by atoms with van der Waals surface area (Å²) >= 11 is 0. The Balaban J connectivity index is 1.47. The van der Waals surface area contributed by atoms with E-state index in [4.69, 9.17) is 9.72 Å². The lowest BCUT2D eigenvalue weighted by atomic mass is 10.1. The summed E-state index contributed by atoms with van der Waals surface area (Å²) in [5, 5.41) is 13.6. The number of allylic oxidation sites excluding steroid dienone is 1. The molecule has 0 radical (unpaired) electrons. The average molecular weight is 425 g/mol. The number of hydrogen-bond acceptors (Lipinski definition) is 8. The number of carbonyl (C=O) groups is 1. The standard InChI is InChI=1S/C21H28N8O2/c1-13(11-28(22-2)14-6-8-31-9-7-14)18-19-16(25-26-18)10-23-21(24-19)29-15-4-5-17(29)20(30)27(3)12-15/h10-11,14-15,17H,2,4-9,12H2,1,3H3,(H,25,26)/b13-11+. The molecule has 10 heteroatoms. The quantitative estimate of drug-likeness (QED) is 0.575. The first-order valence-electron chi connectivity index (χ1n) is 10.8. The van der Waals surface area contributed by atoms with Gasteiger partial charge in [-0.05, 0) is 38.2 Å². The minimum Gasteiger partial charge on any atom is -0.381 e. The lowest BCUT2D eigenvalue weighted by Gasteiger charge is -2.38. The van der Waals surface area contributed by atoms with E-state index in [1.165, 1.54) is 0 Å². The van der Waals surface area contributed by atoms with Crippen LogP contribution in [-0.2, 0) is 9.53 Å². The maximum absolute atomic E-state index is 12.6. The van der Waals surface area contributed by atoms with E-state index >= 15 is 0 Å². The van der Waals surface area contributed by atoms with E-state index in [0.717, 1.165) is 61.2 Å². The summed E-state index contributed by atoms with van der Waals surface area (Å²) in [5.74, 6) is 0.741. The third-order valence-corrected chi connectivity index (χ3v) is 6.60. The molecule has 3 aliphatic heterocycles. The van der Waals surface area contributed by atoms with E-state index in [9.17, 15) is 4.79 Å². The van der Waals surface area contributed by atoms with Crippen LogP contribution in [0.15, 0.2) is 17.5 Å². The van der Waals surface area contributed by atoms with Gasteiger partial charge < -0.3 is 14.5 Å². The van der Waals surface area contributed by atoms with Gasteiger partial charge in [0, 0.05) is 39.7 Å². The topological polar surface area (TPSA) is 103 Å². The predicted octanol–water partition coefficient (Wildman–Crippen LogP) is 1.62. The van der Waals surface area contributed by atoms with Crippen LogP contribution in [-0.4, -0.2) is 87.6 Å². The number of rotatable bonds is 5. The third kappa shape index (κ3) is 3.44. The predicted molar refractivity (Wildman–Crippen MR) is 117 cm³/mol. The number of ether oxygens (including phenoxy) is 1. The van der Waals surface area contributed by atoms with Gasteiger partial charge in [-0.2, -0.15) is 10.2 Å². The Morgan fingerprint density at radius 3 is 2.94 bits per heavy atom. The molecule has 1 amide bonds. The van der Waals surface area contributed by atoms with Crippen LogP contribution in [0.4, 0.5) is 5.95 Å². The van der Waals surface area contributed by atoms with Crippen LogP contribution in [0.25, 0.3) is 16.6 Å². The van der Waals surface area contributed by atoms with Crippen molar-refractivity contribution in [2.45, 2.75) is 50.7 Å². The summed E-state index contributed by atoms with van der Waals surface area (Å²) in [7, 11) is 1.87. The van der Waals surface area contributed by atoms with Crippen molar-refractivity contribution in [1.29, 1.82) is 0 Å². The van der Waals surface area contributed by atoms with Gasteiger partial charge in [-0.3, -0.25) is 14.9 Å². The summed E-state index contributed by atoms with van der Waals surface area (Å²) in [6, 6.07) is 0.344. The van der Waals surface area contributed by atoms with Crippen LogP contribution in [0, 0.1) is 0 Å². The second-order valence-corrected chi connectivity index (χ2v) is 8.55. The fourth-order valence-corrected chi connectivity index (χ4v) is 4.94. The van der Waals surface area contributed by atoms with Gasteiger partial charge in [0.2, 0.25) is 11.9 Å². The zero-order valence-electron chi connectivity index (χ0n) is 18.0. The Morgan fingerprint density at radius 1 is 1.35 bits per heavy atom. The number of anilines is 1. The van der Waals surface area contributed by atoms with Crippen molar-refractivity contribution in [3.63, 3.8) is 0 Å². The first-order valence-corrected chi connectivity index (χ1v) is 10.8. The van der Waals surface area contributed by atoms with Crippen LogP contribution in [0.2, 0.25) is 0 Å². The number of aromatic amines is 1. The van der Waals surface area contributed by atoms with E-state index in [-0.39, 0.29) is 24.0 Å². The zero-order valence-corrected chi connectivity index (χ0v) is 18.0. The Labute approximate surface area is 181 Å². The van der Waals surface area contributed by atoms with Gasteiger partial charge in [-0.15, -0.1) is 0 Å². The maximum Gasteiger partial charge on any atom is 0.245 e. The number of fused-ring (bicyclic) bond motifs is 3. The average Bonchev–Trinajstić information content (AvgIpc) is 3.37. The van der Waals surface area contributed by atoms with Gasteiger partial charge >= 0.3 is 0 Å². The molecule has 2 atom stereocenters. The Morgan fingerprint density at radius 2 is 2.16 bits per heavy atom. The van der Waals surface area contributed by atoms with E-state index in [1.54, 1.807) is 6.20 Å². The van der Waals surface area contributed by atoms with Crippen LogP contribution in [0.5, 0.6) is 0 Å². The molecule has 164 valence electrons. The van der Waals surface area contributed by atoms with E-state index in [0.29, 0.717) is 12.5 Å². The molecule has 1 N–H and O–H groups in total. The molecular weight excluding hydrogens is 396 g/mol. The normalized spacial score (nSPS) is 24.8. The Hall–Kier alpha value is -3.01. The molecule has 10 nitrogen and oxygen atoms in total. The number of carbonyl (C=O) groups excluding carboxylic acids is 1. The summed E-state index contributed by atoms with van der Waals surface area (Å²) in [6.45, 7) is 7.91. The van der Waals surface area contributed by atoms with Crippen molar-refractivity contribution in [2.75, 3.05) is 31.7 Å². The zero-order chi connectivity index (χ0) is 21.5. The monoisotopic (exact) mass is 424 g/mol. The molecular formula is C21H28N8O2. The van der Waals surface area contributed by atoms with E-state index in [2.05, 4.69) is 31.9 Å². The Bertz CT molecular complexity index is 1030. The summed E-state index contributed by atoms with van der Waals surface area (Å²) < 4.78 is 5.46. The van der Waals surface area contributed by atoms with Crippen molar-refractivity contribution in [3.05, 3.63) is 18.1 Å². The van der Waals surface area contributed by atoms with Crippen LogP contribution in [0.1, 0.15) is 38.3 Å². The number of amides is 1. The lowest BCUT2D eigenvalue weighted by Crippen LogP contribution is -2.56. The van der Waals surface area contributed by atoms with Crippen molar-refractivity contribution < 1.29 is 9.53 Å². The molecule has 3 fully saturated rings. The number of piperazine rings is 1. The number of H-pyrrole nitrogens is 1. The summed E-state index contributed by atoms with van der Waals surface area (Å²) in [5.41, 5.74) is 3.21. The van der Waals surface area contributed by atoms with Crippen LogP contribution < -0.4 is 4.90 Å². The number of nitrogens with zero attached hydrogens (tertiary/aromatic N) is 7. The highest BCUT2D eigenvalue weighted by Gasteiger charge is 2.45. The minimum absolute atomic E-state index is 0.144.